The van der Waals surface area contributed by atoms with Gasteiger partial charge in [0.2, 0.25) is 0 Å². The van der Waals surface area contributed by atoms with Gasteiger partial charge in [0, 0.05) is 23.8 Å². The summed E-state index contributed by atoms with van der Waals surface area (Å²) in [6.45, 7) is 1.65. The Morgan fingerprint density at radius 2 is 2.03 bits per heavy atom. The highest BCUT2D eigenvalue weighted by atomic mass is 19.1. The number of hydrogen-bond acceptors (Lipinski definition) is 4. The first-order valence-corrected chi connectivity index (χ1v) is 10.6. The number of nitrogens with zero attached hydrogens (tertiary/aromatic N) is 4. The van der Waals surface area contributed by atoms with E-state index in [4.69, 9.17) is 0 Å². The average molecular weight is 434 g/mol. The van der Waals surface area contributed by atoms with Crippen LogP contribution in [0.3, 0.4) is 0 Å². The van der Waals surface area contributed by atoms with Crippen LogP contribution in [0.4, 0.5) is 4.39 Å². The maximum atomic E-state index is 13.4. The van der Waals surface area contributed by atoms with Crippen molar-refractivity contribution in [3.05, 3.63) is 88.8 Å². The van der Waals surface area contributed by atoms with Crippen molar-refractivity contribution in [2.75, 3.05) is 0 Å². The number of rotatable bonds is 5. The summed E-state index contributed by atoms with van der Waals surface area (Å²) in [6, 6.07) is 11.5. The first-order valence-electron chi connectivity index (χ1n) is 10.6. The number of aromatic nitrogens is 4. The summed E-state index contributed by atoms with van der Waals surface area (Å²) >= 11 is 0. The maximum Gasteiger partial charge on any atom is 0.307 e. The monoisotopic (exact) mass is 434 g/mol. The molecule has 2 N–H and O–H groups in total. The normalized spacial score (nSPS) is 17.8. The van der Waals surface area contributed by atoms with Gasteiger partial charge >= 0.3 is 5.97 Å². The largest absolute Gasteiger partial charge is 0.481 e. The summed E-state index contributed by atoms with van der Waals surface area (Å²) in [5, 5.41) is 29.1. The molecular weight excluding hydrogens is 411 g/mol. The van der Waals surface area contributed by atoms with Gasteiger partial charge in [0.15, 0.2) is 0 Å². The summed E-state index contributed by atoms with van der Waals surface area (Å²) in [7, 11) is 0. The number of pyridine rings is 1. The zero-order valence-electron chi connectivity index (χ0n) is 17.6. The number of carboxylic acids is 1. The Labute approximate surface area is 183 Å². The van der Waals surface area contributed by atoms with Gasteiger partial charge in [-0.15, -0.1) is 5.10 Å². The summed E-state index contributed by atoms with van der Waals surface area (Å²) < 4.78 is 17.2. The molecule has 2 atom stereocenters. The van der Waals surface area contributed by atoms with E-state index in [2.05, 4.69) is 14.7 Å². The lowest BCUT2D eigenvalue weighted by atomic mass is 9.88. The van der Waals surface area contributed by atoms with Crippen LogP contribution in [-0.4, -0.2) is 35.6 Å². The Kier molecular flexibility index (Phi) is 4.82. The van der Waals surface area contributed by atoms with Crippen LogP contribution in [0.5, 0.6) is 0 Å². The predicted molar refractivity (Wildman–Crippen MR) is 115 cm³/mol. The molecule has 0 bridgehead atoms. The van der Waals surface area contributed by atoms with Gasteiger partial charge in [0.05, 0.1) is 24.4 Å². The van der Waals surface area contributed by atoms with Crippen LogP contribution in [0.25, 0.3) is 5.52 Å². The molecule has 0 fully saturated rings. The highest BCUT2D eigenvalue weighted by Gasteiger charge is 2.35. The molecule has 3 heterocycles. The fraction of sp³-hybridized carbons (Fsp3) is 0.292. The Morgan fingerprint density at radius 3 is 2.78 bits per heavy atom. The zero-order chi connectivity index (χ0) is 22.5. The third kappa shape index (κ3) is 3.27. The van der Waals surface area contributed by atoms with Crippen molar-refractivity contribution >= 4 is 11.5 Å². The summed E-state index contributed by atoms with van der Waals surface area (Å²) in [5.41, 5.74) is 3.62. The van der Waals surface area contributed by atoms with Crippen LogP contribution >= 0.6 is 0 Å². The molecule has 0 saturated carbocycles. The van der Waals surface area contributed by atoms with E-state index in [1.54, 1.807) is 29.9 Å². The molecule has 0 radical (unpaired) electrons. The quantitative estimate of drug-likeness (QED) is 0.503. The molecule has 0 amide bonds. The van der Waals surface area contributed by atoms with Crippen molar-refractivity contribution < 1.29 is 19.4 Å². The number of fused-ring (bicyclic) bond motifs is 3. The molecule has 0 saturated heterocycles. The molecule has 3 aromatic heterocycles. The third-order valence-corrected chi connectivity index (χ3v) is 6.48. The number of benzene rings is 1. The van der Waals surface area contributed by atoms with E-state index < -0.39 is 11.6 Å². The molecule has 8 heteroatoms. The third-order valence-electron chi connectivity index (χ3n) is 6.48. The second kappa shape index (κ2) is 7.56. The van der Waals surface area contributed by atoms with Crippen molar-refractivity contribution in [3.63, 3.8) is 0 Å². The number of hydrogen-bond donors (Lipinski definition) is 2. The van der Waals surface area contributed by atoms with Crippen LogP contribution in [0.2, 0.25) is 0 Å². The molecule has 1 aliphatic rings. The number of halogens is 1. The number of aliphatic hydroxyl groups is 1. The van der Waals surface area contributed by atoms with Gasteiger partial charge in [0.1, 0.15) is 11.4 Å². The van der Waals surface area contributed by atoms with E-state index in [0.29, 0.717) is 24.1 Å². The van der Waals surface area contributed by atoms with Crippen molar-refractivity contribution in [3.8, 4) is 0 Å². The Hall–Kier alpha value is -3.52. The molecular formula is C24H23FN4O3. The van der Waals surface area contributed by atoms with Gasteiger partial charge < -0.3 is 14.6 Å². The van der Waals surface area contributed by atoms with Gasteiger partial charge in [-0.3, -0.25) is 4.79 Å². The molecule has 7 nitrogen and oxygen atoms in total. The Morgan fingerprint density at radius 1 is 1.25 bits per heavy atom. The second-order valence-corrected chi connectivity index (χ2v) is 8.47. The van der Waals surface area contributed by atoms with E-state index in [-0.39, 0.29) is 18.3 Å². The Balaban J connectivity index is 1.54. The fourth-order valence-electron chi connectivity index (χ4n) is 4.89. The van der Waals surface area contributed by atoms with Crippen LogP contribution in [0.1, 0.15) is 47.5 Å². The van der Waals surface area contributed by atoms with Crippen LogP contribution in [0.15, 0.2) is 54.9 Å². The van der Waals surface area contributed by atoms with E-state index >= 15 is 0 Å². The first kappa shape index (κ1) is 20.4. The molecule has 32 heavy (non-hydrogen) atoms. The molecule has 164 valence electrons. The van der Waals surface area contributed by atoms with E-state index in [0.717, 1.165) is 28.8 Å². The topological polar surface area (TPSA) is 92.7 Å². The molecule has 1 aliphatic carbocycles. The van der Waals surface area contributed by atoms with Crippen LogP contribution < -0.4 is 0 Å². The van der Waals surface area contributed by atoms with Crippen molar-refractivity contribution in [2.45, 2.75) is 44.2 Å². The van der Waals surface area contributed by atoms with Gasteiger partial charge in [-0.25, -0.2) is 9.07 Å². The zero-order valence-corrected chi connectivity index (χ0v) is 17.6. The highest BCUT2D eigenvalue weighted by Crippen LogP contribution is 2.37. The standard InChI is InChI=1S/C24H23FN4O3/c1-24(32,15-5-7-16(25)8-6-15)22-14-26-27-29(22)17-9-10-18-19(13-23(30)31)20-4-2-3-11-28(20)21(18)12-17/h2-8,11,14,17,32H,9-10,12-13H2,1H3,(H,30,31)/t17-,24?/m1/s1. The molecule has 1 aromatic carbocycles. The lowest BCUT2D eigenvalue weighted by Gasteiger charge is -2.30. The highest BCUT2D eigenvalue weighted by molar-refractivity contribution is 5.76. The number of carboxylic acid groups (broad SMARTS) is 1. The van der Waals surface area contributed by atoms with E-state index in [9.17, 15) is 19.4 Å². The SMILES string of the molecule is CC(O)(c1ccc(F)cc1)c1cnnn1[C@@H]1CCc2c(CC(=O)O)c3ccccn3c2C1. The predicted octanol–water partition coefficient (Wildman–Crippen LogP) is 3.28. The van der Waals surface area contributed by atoms with Crippen molar-refractivity contribution in [2.24, 2.45) is 0 Å². The minimum atomic E-state index is -1.40. The van der Waals surface area contributed by atoms with Gasteiger partial charge in [0.25, 0.3) is 0 Å². The van der Waals surface area contributed by atoms with Gasteiger partial charge in [-0.1, -0.05) is 23.4 Å². The molecule has 4 aromatic rings. The molecule has 5 rings (SSSR count). The number of carbonyl (C=O) groups is 1. The van der Waals surface area contributed by atoms with Crippen LogP contribution in [-0.2, 0) is 29.7 Å². The fourth-order valence-corrected chi connectivity index (χ4v) is 4.89. The Bertz CT molecular complexity index is 1310. The lowest BCUT2D eigenvalue weighted by molar-refractivity contribution is -0.136. The van der Waals surface area contributed by atoms with E-state index in [1.165, 1.54) is 12.1 Å². The maximum absolute atomic E-state index is 13.4. The number of aliphatic carboxylic acids is 1. The average Bonchev–Trinajstić information content (AvgIpc) is 3.38. The molecule has 0 aliphatic heterocycles. The van der Waals surface area contributed by atoms with Crippen LogP contribution in [0, 0.1) is 5.82 Å². The van der Waals surface area contributed by atoms with Gasteiger partial charge in [-0.2, -0.15) is 0 Å². The minimum Gasteiger partial charge on any atom is -0.481 e. The lowest BCUT2D eigenvalue weighted by Crippen LogP contribution is -2.30. The summed E-state index contributed by atoms with van der Waals surface area (Å²) in [5.74, 6) is -1.21. The second-order valence-electron chi connectivity index (χ2n) is 8.47. The molecule has 1 unspecified atom stereocenters. The summed E-state index contributed by atoms with van der Waals surface area (Å²) in [4.78, 5) is 11.5. The van der Waals surface area contributed by atoms with E-state index in [1.807, 2.05) is 24.4 Å². The molecule has 0 spiro atoms. The first-order chi connectivity index (χ1) is 15.4. The summed E-state index contributed by atoms with van der Waals surface area (Å²) in [6.07, 6.45) is 5.58. The van der Waals surface area contributed by atoms with Gasteiger partial charge in [-0.05, 0) is 60.7 Å². The smallest absolute Gasteiger partial charge is 0.307 e. The van der Waals surface area contributed by atoms with Crippen molar-refractivity contribution in [1.29, 1.82) is 0 Å². The minimum absolute atomic E-state index is 0.0125. The van der Waals surface area contributed by atoms with Crippen molar-refractivity contribution in [1.82, 2.24) is 19.4 Å².